The lowest BCUT2D eigenvalue weighted by molar-refractivity contribution is -0.274. The predicted molar refractivity (Wildman–Crippen MR) is 98.7 cm³/mol. The Labute approximate surface area is 161 Å². The van der Waals surface area contributed by atoms with E-state index in [2.05, 4.69) is 26.0 Å². The summed E-state index contributed by atoms with van der Waals surface area (Å²) in [6.07, 6.45) is -4.71. The monoisotopic (exact) mass is 447 g/mol. The highest BCUT2D eigenvalue weighted by atomic mass is 79.9. The number of guanidine groups is 1. The first-order valence-electron chi connectivity index (χ1n) is 7.77. The number of halogens is 4. The molecule has 3 rings (SSSR count). The molecule has 1 aromatic carbocycles. The summed E-state index contributed by atoms with van der Waals surface area (Å²) in [6, 6.07) is 7.90. The Morgan fingerprint density at radius 2 is 1.96 bits per heavy atom. The van der Waals surface area contributed by atoms with Crippen LogP contribution < -0.4 is 10.1 Å². The Kier molecular flexibility index (Phi) is 4.96. The topological polar surface area (TPSA) is 48.4 Å². The van der Waals surface area contributed by atoms with Crippen LogP contribution >= 0.6 is 27.3 Å². The smallest absolute Gasteiger partial charge is 0.406 e. The zero-order chi connectivity index (χ0) is 19.1. The molecule has 1 aliphatic rings. The molecular weight excluding hydrogens is 431 g/mol. The molecule has 0 aliphatic carbocycles. The van der Waals surface area contributed by atoms with Crippen molar-refractivity contribution in [2.45, 2.75) is 24.7 Å². The maximum atomic E-state index is 12.4. The summed E-state index contributed by atoms with van der Waals surface area (Å²) >= 11 is 5.13. The molecule has 2 atom stereocenters. The standard InChI is InChI=1S/C17H17BrF3N3OS/c1-16(14-13(18)7-8-26-14)12(9-24(2)15(22)23-16)10-3-5-11(6-4-10)25-17(19,20)21/h3-8,12H,9H2,1-2H3,(H2,22,23)/t12?,16-/m0/s1. The third kappa shape index (κ3) is 3.68. The van der Waals surface area contributed by atoms with Gasteiger partial charge in [-0.1, -0.05) is 12.1 Å². The summed E-state index contributed by atoms with van der Waals surface area (Å²) in [5.74, 6) is -0.0114. The van der Waals surface area contributed by atoms with Gasteiger partial charge in [0.1, 0.15) is 5.75 Å². The number of nitrogens with one attached hydrogen (secondary N) is 2. The van der Waals surface area contributed by atoms with Crippen molar-refractivity contribution < 1.29 is 17.9 Å². The number of alkyl halides is 3. The molecule has 0 amide bonds. The molecule has 0 spiro atoms. The van der Waals surface area contributed by atoms with Crippen molar-refractivity contribution in [3.05, 3.63) is 50.6 Å². The second kappa shape index (κ2) is 6.77. The van der Waals surface area contributed by atoms with Crippen molar-refractivity contribution in [2.24, 2.45) is 0 Å². The SMILES string of the molecule is CN1CC(c2ccc(OC(F)(F)F)cc2)[C@@](C)(c2sccc2Br)NC1=N. The maximum absolute atomic E-state index is 12.4. The highest BCUT2D eigenvalue weighted by molar-refractivity contribution is 9.10. The first kappa shape index (κ1) is 19.0. The van der Waals surface area contributed by atoms with Crippen molar-refractivity contribution in [3.63, 3.8) is 0 Å². The molecule has 4 nitrogen and oxygen atoms in total. The zero-order valence-corrected chi connectivity index (χ0v) is 16.4. The van der Waals surface area contributed by atoms with Gasteiger partial charge >= 0.3 is 6.36 Å². The van der Waals surface area contributed by atoms with Gasteiger partial charge in [0, 0.05) is 28.9 Å². The third-order valence-electron chi connectivity index (χ3n) is 4.52. The Morgan fingerprint density at radius 1 is 1.31 bits per heavy atom. The summed E-state index contributed by atoms with van der Waals surface area (Å²) in [6.45, 7) is 2.57. The van der Waals surface area contributed by atoms with Crippen LogP contribution in [0.15, 0.2) is 40.2 Å². The van der Waals surface area contributed by atoms with Gasteiger partial charge < -0.3 is 15.0 Å². The molecule has 140 valence electrons. The fraction of sp³-hybridized carbons (Fsp3) is 0.353. The van der Waals surface area contributed by atoms with Crippen LogP contribution in [0.1, 0.15) is 23.3 Å². The Bertz CT molecular complexity index is 808. The van der Waals surface area contributed by atoms with E-state index in [9.17, 15) is 13.2 Å². The van der Waals surface area contributed by atoms with Crippen LogP contribution in [0.5, 0.6) is 5.75 Å². The Morgan fingerprint density at radius 3 is 2.50 bits per heavy atom. The van der Waals surface area contributed by atoms with Crippen LogP contribution in [0.3, 0.4) is 0 Å². The fourth-order valence-corrected chi connectivity index (χ4v) is 5.15. The molecule has 0 radical (unpaired) electrons. The molecule has 9 heteroatoms. The second-order valence-corrected chi connectivity index (χ2v) is 8.09. The second-order valence-electron chi connectivity index (χ2n) is 6.32. The van der Waals surface area contributed by atoms with Gasteiger partial charge in [-0.3, -0.25) is 5.41 Å². The van der Waals surface area contributed by atoms with E-state index in [-0.39, 0.29) is 11.7 Å². The molecule has 1 unspecified atom stereocenters. The Hall–Kier alpha value is -1.74. The lowest BCUT2D eigenvalue weighted by Gasteiger charge is -2.47. The normalized spacial score (nSPS) is 23.7. The number of nitrogens with zero attached hydrogens (tertiary/aromatic N) is 1. The van der Waals surface area contributed by atoms with Gasteiger partial charge in [-0.25, -0.2) is 0 Å². The molecule has 1 fully saturated rings. The predicted octanol–water partition coefficient (Wildman–Crippen LogP) is 4.88. The number of ether oxygens (including phenoxy) is 1. The van der Waals surface area contributed by atoms with Crippen molar-refractivity contribution >= 4 is 33.2 Å². The summed E-state index contributed by atoms with van der Waals surface area (Å²) < 4.78 is 42.0. The van der Waals surface area contributed by atoms with Gasteiger partial charge in [0.25, 0.3) is 0 Å². The van der Waals surface area contributed by atoms with E-state index in [1.807, 2.05) is 25.4 Å². The van der Waals surface area contributed by atoms with E-state index < -0.39 is 11.9 Å². The van der Waals surface area contributed by atoms with E-state index in [1.54, 1.807) is 28.4 Å². The first-order valence-corrected chi connectivity index (χ1v) is 9.44. The highest BCUT2D eigenvalue weighted by Gasteiger charge is 2.44. The lowest BCUT2D eigenvalue weighted by Crippen LogP contribution is -2.59. The van der Waals surface area contributed by atoms with Crippen LogP contribution in [0.4, 0.5) is 13.2 Å². The van der Waals surface area contributed by atoms with Crippen molar-refractivity contribution in [3.8, 4) is 5.75 Å². The van der Waals surface area contributed by atoms with Crippen molar-refractivity contribution in [2.75, 3.05) is 13.6 Å². The quantitative estimate of drug-likeness (QED) is 0.704. The molecule has 2 aromatic rings. The molecule has 1 saturated heterocycles. The fourth-order valence-electron chi connectivity index (χ4n) is 3.20. The minimum Gasteiger partial charge on any atom is -0.406 e. The minimum atomic E-state index is -4.71. The average Bonchev–Trinajstić information content (AvgIpc) is 2.97. The van der Waals surface area contributed by atoms with E-state index in [0.717, 1.165) is 14.9 Å². The summed E-state index contributed by atoms with van der Waals surface area (Å²) in [5.41, 5.74) is 0.303. The molecule has 0 saturated carbocycles. The van der Waals surface area contributed by atoms with Gasteiger partial charge in [-0.15, -0.1) is 24.5 Å². The summed E-state index contributed by atoms with van der Waals surface area (Å²) in [7, 11) is 1.81. The molecule has 1 aliphatic heterocycles. The van der Waals surface area contributed by atoms with Crippen molar-refractivity contribution in [1.29, 1.82) is 5.41 Å². The average molecular weight is 448 g/mol. The van der Waals surface area contributed by atoms with Crippen LogP contribution in [-0.2, 0) is 5.54 Å². The number of benzene rings is 1. The molecule has 26 heavy (non-hydrogen) atoms. The number of likely N-dealkylation sites (N-methyl/N-ethyl adjacent to an activating group) is 1. The molecule has 2 heterocycles. The third-order valence-corrected chi connectivity index (χ3v) is 6.59. The summed E-state index contributed by atoms with van der Waals surface area (Å²) in [4.78, 5) is 2.82. The Balaban J connectivity index is 1.97. The number of hydrogen-bond donors (Lipinski definition) is 2. The van der Waals surface area contributed by atoms with E-state index in [1.165, 1.54) is 12.1 Å². The van der Waals surface area contributed by atoms with Gasteiger partial charge in [0.15, 0.2) is 5.96 Å². The lowest BCUT2D eigenvalue weighted by atomic mass is 9.77. The van der Waals surface area contributed by atoms with Gasteiger partial charge in [-0.2, -0.15) is 0 Å². The number of thiophene rings is 1. The molecule has 0 bridgehead atoms. The molecule has 2 N–H and O–H groups in total. The van der Waals surface area contributed by atoms with Gasteiger partial charge in [0.05, 0.1) is 5.54 Å². The van der Waals surface area contributed by atoms with Crippen LogP contribution in [-0.4, -0.2) is 30.8 Å². The van der Waals surface area contributed by atoms with E-state index >= 15 is 0 Å². The minimum absolute atomic E-state index is 0.0727. The highest BCUT2D eigenvalue weighted by Crippen LogP contribution is 2.45. The van der Waals surface area contributed by atoms with Gasteiger partial charge in [-0.05, 0) is 52.0 Å². The van der Waals surface area contributed by atoms with E-state index in [0.29, 0.717) is 12.5 Å². The maximum Gasteiger partial charge on any atom is 0.573 e. The molecular formula is C17H17BrF3N3OS. The number of hydrogen-bond acceptors (Lipinski definition) is 3. The molecule has 1 aromatic heterocycles. The van der Waals surface area contributed by atoms with E-state index in [4.69, 9.17) is 5.41 Å². The van der Waals surface area contributed by atoms with Crippen molar-refractivity contribution in [1.82, 2.24) is 10.2 Å². The summed E-state index contributed by atoms with van der Waals surface area (Å²) in [5, 5.41) is 13.4. The van der Waals surface area contributed by atoms with Gasteiger partial charge in [0.2, 0.25) is 0 Å². The first-order chi connectivity index (χ1) is 12.1. The zero-order valence-electron chi connectivity index (χ0n) is 14.0. The van der Waals surface area contributed by atoms with Crippen LogP contribution in [0.25, 0.3) is 0 Å². The van der Waals surface area contributed by atoms with Crippen LogP contribution in [0.2, 0.25) is 0 Å². The van der Waals surface area contributed by atoms with Crippen LogP contribution in [0, 0.1) is 5.41 Å². The number of rotatable bonds is 3. The largest absolute Gasteiger partial charge is 0.573 e.